The van der Waals surface area contributed by atoms with Gasteiger partial charge in [0.25, 0.3) is 0 Å². The highest BCUT2D eigenvalue weighted by Gasteiger charge is 2.29. The number of esters is 1. The maximum atomic E-state index is 11.6. The van der Waals surface area contributed by atoms with Crippen LogP contribution < -0.4 is 5.32 Å². The van der Waals surface area contributed by atoms with E-state index < -0.39 is 0 Å². The predicted molar refractivity (Wildman–Crippen MR) is 64.5 cm³/mol. The summed E-state index contributed by atoms with van der Waals surface area (Å²) in [7, 11) is 1.41. The number of likely N-dealkylation sites (tertiary alicyclic amines) is 1. The average Bonchev–Trinajstić information content (AvgIpc) is 2.77. The Kier molecular flexibility index (Phi) is 5.97. The monoisotopic (exact) mass is 242 g/mol. The Balaban J connectivity index is 2.21. The molecule has 1 unspecified atom stereocenters. The molecule has 0 saturated carbocycles. The summed E-state index contributed by atoms with van der Waals surface area (Å²) in [6, 6.07) is 0. The van der Waals surface area contributed by atoms with E-state index in [1.165, 1.54) is 7.11 Å². The molecule has 1 heterocycles. The Bertz CT molecular complexity index is 268. The molecule has 1 aliphatic rings. The van der Waals surface area contributed by atoms with Crippen LogP contribution in [0, 0.1) is 5.92 Å². The van der Waals surface area contributed by atoms with Crippen LogP contribution in [0.25, 0.3) is 0 Å². The molecule has 0 radical (unpaired) electrons. The van der Waals surface area contributed by atoms with E-state index in [1.807, 2.05) is 4.90 Å². The number of ether oxygens (including phenoxy) is 1. The number of hydrogen-bond donors (Lipinski definition) is 1. The van der Waals surface area contributed by atoms with Crippen LogP contribution in [0.1, 0.15) is 26.2 Å². The molecule has 0 aromatic carbocycles. The molecule has 0 spiro atoms. The normalized spacial score (nSPS) is 20.2. The van der Waals surface area contributed by atoms with E-state index in [0.717, 1.165) is 32.4 Å². The third-order valence-corrected chi connectivity index (χ3v) is 3.03. The van der Waals surface area contributed by atoms with Crippen molar-refractivity contribution < 1.29 is 14.3 Å². The zero-order chi connectivity index (χ0) is 12.7. The zero-order valence-corrected chi connectivity index (χ0v) is 10.7. The lowest BCUT2D eigenvalue weighted by atomic mass is 10.1. The van der Waals surface area contributed by atoms with Crippen LogP contribution in [0.4, 0.5) is 0 Å². The summed E-state index contributed by atoms with van der Waals surface area (Å²) in [6.45, 7) is 4.64. The maximum absolute atomic E-state index is 11.6. The summed E-state index contributed by atoms with van der Waals surface area (Å²) in [5.74, 6) is -0.189. The minimum absolute atomic E-state index is 0.0453. The quantitative estimate of drug-likeness (QED) is 0.541. The molecule has 5 heteroatoms. The number of nitrogens with one attached hydrogen (secondary N) is 1. The minimum atomic E-state index is -0.168. The molecule has 5 nitrogen and oxygen atoms in total. The fourth-order valence-electron chi connectivity index (χ4n) is 2.00. The molecule has 0 aromatic rings. The molecular weight excluding hydrogens is 220 g/mol. The molecule has 1 aliphatic heterocycles. The zero-order valence-electron chi connectivity index (χ0n) is 10.7. The number of unbranched alkanes of at least 4 members (excludes halogenated alkanes) is 1. The molecular formula is C12H22N2O3. The lowest BCUT2D eigenvalue weighted by Crippen LogP contribution is -2.36. The SMILES string of the molecule is CCCCNC(=O)CN1CCC(C(=O)OC)C1. The van der Waals surface area contributed by atoms with Gasteiger partial charge in [0, 0.05) is 13.1 Å². The van der Waals surface area contributed by atoms with Crippen LogP contribution in [-0.4, -0.2) is 50.1 Å². The van der Waals surface area contributed by atoms with Gasteiger partial charge >= 0.3 is 5.97 Å². The van der Waals surface area contributed by atoms with Gasteiger partial charge < -0.3 is 10.1 Å². The Morgan fingerprint density at radius 3 is 2.88 bits per heavy atom. The molecule has 1 rings (SSSR count). The predicted octanol–water partition coefficient (Wildman–Crippen LogP) is 0.398. The molecule has 98 valence electrons. The van der Waals surface area contributed by atoms with Gasteiger partial charge in [-0.05, 0) is 19.4 Å². The first kappa shape index (κ1) is 14.0. The van der Waals surface area contributed by atoms with Crippen LogP contribution in [0.2, 0.25) is 0 Å². The lowest BCUT2D eigenvalue weighted by Gasteiger charge is -2.14. The number of carbonyl (C=O) groups excluding carboxylic acids is 2. The summed E-state index contributed by atoms with van der Waals surface area (Å²) in [6.07, 6.45) is 2.87. The highest BCUT2D eigenvalue weighted by molar-refractivity contribution is 5.78. The van der Waals surface area contributed by atoms with E-state index in [1.54, 1.807) is 0 Å². The van der Waals surface area contributed by atoms with Gasteiger partial charge in [0.05, 0.1) is 19.6 Å². The van der Waals surface area contributed by atoms with Crippen molar-refractivity contribution in [3.63, 3.8) is 0 Å². The van der Waals surface area contributed by atoms with Gasteiger partial charge in [0.15, 0.2) is 0 Å². The van der Waals surface area contributed by atoms with E-state index in [-0.39, 0.29) is 17.8 Å². The van der Waals surface area contributed by atoms with Gasteiger partial charge in [-0.25, -0.2) is 0 Å². The van der Waals surface area contributed by atoms with Gasteiger partial charge in [-0.1, -0.05) is 13.3 Å². The second kappa shape index (κ2) is 7.27. The number of nitrogens with zero attached hydrogens (tertiary/aromatic N) is 1. The van der Waals surface area contributed by atoms with Gasteiger partial charge in [0.2, 0.25) is 5.91 Å². The van der Waals surface area contributed by atoms with Gasteiger partial charge in [0.1, 0.15) is 0 Å². The molecule has 1 fully saturated rings. The first-order valence-corrected chi connectivity index (χ1v) is 6.24. The minimum Gasteiger partial charge on any atom is -0.469 e. The van der Waals surface area contributed by atoms with E-state index in [0.29, 0.717) is 13.1 Å². The lowest BCUT2D eigenvalue weighted by molar-refractivity contribution is -0.145. The molecule has 0 aromatic heterocycles. The van der Waals surface area contributed by atoms with Crippen molar-refractivity contribution in [1.29, 1.82) is 0 Å². The van der Waals surface area contributed by atoms with Crippen molar-refractivity contribution in [3.05, 3.63) is 0 Å². The third kappa shape index (κ3) is 4.73. The van der Waals surface area contributed by atoms with Crippen LogP contribution >= 0.6 is 0 Å². The molecule has 17 heavy (non-hydrogen) atoms. The summed E-state index contributed by atoms with van der Waals surface area (Å²) < 4.78 is 4.70. The summed E-state index contributed by atoms with van der Waals surface area (Å²) in [4.78, 5) is 24.9. The maximum Gasteiger partial charge on any atom is 0.310 e. The fourth-order valence-corrected chi connectivity index (χ4v) is 2.00. The second-order valence-electron chi connectivity index (χ2n) is 4.45. The van der Waals surface area contributed by atoms with Crippen molar-refractivity contribution in [3.8, 4) is 0 Å². The average molecular weight is 242 g/mol. The topological polar surface area (TPSA) is 58.6 Å². The van der Waals surface area contributed by atoms with Crippen molar-refractivity contribution in [1.82, 2.24) is 10.2 Å². The fraction of sp³-hybridized carbons (Fsp3) is 0.833. The highest BCUT2D eigenvalue weighted by Crippen LogP contribution is 2.16. The van der Waals surface area contributed by atoms with E-state index in [2.05, 4.69) is 12.2 Å². The van der Waals surface area contributed by atoms with Crippen LogP contribution in [0.5, 0.6) is 0 Å². The Labute approximate surface area is 102 Å². The molecule has 0 aliphatic carbocycles. The number of methoxy groups -OCH3 is 1. The van der Waals surface area contributed by atoms with Crippen molar-refractivity contribution in [2.45, 2.75) is 26.2 Å². The summed E-state index contributed by atoms with van der Waals surface area (Å²) in [5.41, 5.74) is 0. The van der Waals surface area contributed by atoms with E-state index in [9.17, 15) is 9.59 Å². The van der Waals surface area contributed by atoms with Crippen LogP contribution in [-0.2, 0) is 14.3 Å². The summed E-state index contributed by atoms with van der Waals surface area (Å²) >= 11 is 0. The van der Waals surface area contributed by atoms with Gasteiger partial charge in [-0.2, -0.15) is 0 Å². The van der Waals surface area contributed by atoms with E-state index >= 15 is 0 Å². The molecule has 1 N–H and O–H groups in total. The van der Waals surface area contributed by atoms with Gasteiger partial charge in [-0.15, -0.1) is 0 Å². The van der Waals surface area contributed by atoms with E-state index in [4.69, 9.17) is 4.74 Å². The second-order valence-corrected chi connectivity index (χ2v) is 4.45. The van der Waals surface area contributed by atoms with Gasteiger partial charge in [-0.3, -0.25) is 14.5 Å². The largest absolute Gasteiger partial charge is 0.469 e. The Morgan fingerprint density at radius 1 is 1.47 bits per heavy atom. The van der Waals surface area contributed by atoms with Crippen LogP contribution in [0.3, 0.4) is 0 Å². The number of amides is 1. The standard InChI is InChI=1S/C12H22N2O3/c1-3-4-6-13-11(15)9-14-7-5-10(8-14)12(16)17-2/h10H,3-9H2,1-2H3,(H,13,15). The van der Waals surface area contributed by atoms with Crippen molar-refractivity contribution in [2.75, 3.05) is 33.3 Å². The number of rotatable bonds is 6. The first-order valence-electron chi connectivity index (χ1n) is 6.24. The molecule has 1 amide bonds. The third-order valence-electron chi connectivity index (χ3n) is 3.03. The summed E-state index contributed by atoms with van der Waals surface area (Å²) in [5, 5.41) is 2.87. The van der Waals surface area contributed by atoms with Crippen molar-refractivity contribution >= 4 is 11.9 Å². The highest BCUT2D eigenvalue weighted by atomic mass is 16.5. The van der Waals surface area contributed by atoms with Crippen LogP contribution in [0.15, 0.2) is 0 Å². The molecule has 1 saturated heterocycles. The molecule has 0 bridgehead atoms. The molecule has 1 atom stereocenters. The number of hydrogen-bond acceptors (Lipinski definition) is 4. The first-order chi connectivity index (χ1) is 8.17. The smallest absolute Gasteiger partial charge is 0.310 e. The number of carbonyl (C=O) groups is 2. The Hall–Kier alpha value is -1.10. The Morgan fingerprint density at radius 2 is 2.24 bits per heavy atom. The van der Waals surface area contributed by atoms with Crippen molar-refractivity contribution in [2.24, 2.45) is 5.92 Å².